The van der Waals surface area contributed by atoms with Crippen LogP contribution < -0.4 is 11.1 Å². The molecule has 17 heavy (non-hydrogen) atoms. The van der Waals surface area contributed by atoms with Crippen LogP contribution >= 0.6 is 0 Å². The molecule has 0 unspecified atom stereocenters. The molecule has 0 radical (unpaired) electrons. The standard InChI is InChI=1S/C13H20F2N2/c1-9(2)3-4-17-8-11-6-12(14)10(7-16)5-13(11)15/h5-6,9,17H,3-4,7-8,16H2,1-2H3. The van der Waals surface area contributed by atoms with E-state index in [0.29, 0.717) is 18.0 Å². The monoisotopic (exact) mass is 242 g/mol. The average molecular weight is 242 g/mol. The summed E-state index contributed by atoms with van der Waals surface area (Å²) < 4.78 is 26.9. The van der Waals surface area contributed by atoms with Gasteiger partial charge < -0.3 is 11.1 Å². The third-order valence-corrected chi connectivity index (χ3v) is 2.65. The van der Waals surface area contributed by atoms with E-state index in [9.17, 15) is 8.78 Å². The van der Waals surface area contributed by atoms with Crippen molar-refractivity contribution in [2.45, 2.75) is 33.4 Å². The van der Waals surface area contributed by atoms with Crippen molar-refractivity contribution < 1.29 is 8.78 Å². The maximum absolute atomic E-state index is 13.5. The van der Waals surface area contributed by atoms with Crippen LogP contribution in [0, 0.1) is 17.6 Å². The summed E-state index contributed by atoms with van der Waals surface area (Å²) in [4.78, 5) is 0. The van der Waals surface area contributed by atoms with Crippen molar-refractivity contribution in [3.63, 3.8) is 0 Å². The van der Waals surface area contributed by atoms with Crippen LogP contribution in [0.2, 0.25) is 0 Å². The van der Waals surface area contributed by atoms with Gasteiger partial charge in [-0.1, -0.05) is 13.8 Å². The van der Waals surface area contributed by atoms with Gasteiger partial charge in [-0.2, -0.15) is 0 Å². The first-order valence-electron chi connectivity index (χ1n) is 5.92. The molecule has 1 aromatic carbocycles. The quantitative estimate of drug-likeness (QED) is 0.752. The Morgan fingerprint density at radius 1 is 1.18 bits per heavy atom. The molecule has 4 heteroatoms. The van der Waals surface area contributed by atoms with Gasteiger partial charge in [0, 0.05) is 24.2 Å². The van der Waals surface area contributed by atoms with Gasteiger partial charge in [0.25, 0.3) is 0 Å². The predicted molar refractivity (Wildman–Crippen MR) is 65.4 cm³/mol. The number of hydrogen-bond donors (Lipinski definition) is 2. The van der Waals surface area contributed by atoms with Crippen molar-refractivity contribution in [2.75, 3.05) is 6.54 Å². The molecular weight excluding hydrogens is 222 g/mol. The van der Waals surface area contributed by atoms with E-state index in [0.717, 1.165) is 13.0 Å². The maximum atomic E-state index is 13.5. The summed E-state index contributed by atoms with van der Waals surface area (Å²) in [7, 11) is 0. The lowest BCUT2D eigenvalue weighted by Crippen LogP contribution is -2.17. The van der Waals surface area contributed by atoms with Crippen molar-refractivity contribution in [3.05, 3.63) is 34.9 Å². The van der Waals surface area contributed by atoms with Gasteiger partial charge in [-0.15, -0.1) is 0 Å². The van der Waals surface area contributed by atoms with E-state index in [-0.39, 0.29) is 12.1 Å². The highest BCUT2D eigenvalue weighted by atomic mass is 19.1. The van der Waals surface area contributed by atoms with Crippen molar-refractivity contribution >= 4 is 0 Å². The minimum absolute atomic E-state index is 0.0177. The van der Waals surface area contributed by atoms with Gasteiger partial charge in [0.15, 0.2) is 0 Å². The molecule has 0 saturated heterocycles. The summed E-state index contributed by atoms with van der Waals surface area (Å²) >= 11 is 0. The molecule has 2 nitrogen and oxygen atoms in total. The van der Waals surface area contributed by atoms with E-state index in [1.807, 2.05) is 0 Å². The van der Waals surface area contributed by atoms with Crippen molar-refractivity contribution in [1.82, 2.24) is 5.32 Å². The van der Waals surface area contributed by atoms with Gasteiger partial charge in [0.1, 0.15) is 11.6 Å². The fourth-order valence-electron chi connectivity index (χ4n) is 1.53. The molecule has 0 saturated carbocycles. The van der Waals surface area contributed by atoms with Gasteiger partial charge in [-0.3, -0.25) is 0 Å². The minimum Gasteiger partial charge on any atom is -0.326 e. The highest BCUT2D eigenvalue weighted by molar-refractivity contribution is 5.26. The lowest BCUT2D eigenvalue weighted by atomic mass is 10.1. The average Bonchev–Trinajstić information content (AvgIpc) is 2.28. The molecule has 0 spiro atoms. The van der Waals surface area contributed by atoms with Crippen molar-refractivity contribution in [1.29, 1.82) is 0 Å². The molecule has 0 aliphatic rings. The molecule has 0 aromatic heterocycles. The molecular formula is C13H20F2N2. The van der Waals surface area contributed by atoms with Crippen LogP contribution in [0.3, 0.4) is 0 Å². The van der Waals surface area contributed by atoms with Crippen LogP contribution in [0.15, 0.2) is 12.1 Å². The number of benzene rings is 1. The summed E-state index contributed by atoms with van der Waals surface area (Å²) in [5.74, 6) is -0.234. The molecule has 1 rings (SSSR count). The highest BCUT2D eigenvalue weighted by Gasteiger charge is 2.08. The summed E-state index contributed by atoms with van der Waals surface area (Å²) in [5.41, 5.74) is 5.87. The van der Waals surface area contributed by atoms with E-state index in [1.165, 1.54) is 12.1 Å². The Kier molecular flexibility index (Phi) is 5.51. The third kappa shape index (κ3) is 4.40. The fraction of sp³-hybridized carbons (Fsp3) is 0.538. The Hall–Kier alpha value is -1.00. The zero-order valence-corrected chi connectivity index (χ0v) is 10.4. The van der Waals surface area contributed by atoms with Crippen LogP contribution in [0.4, 0.5) is 8.78 Å². The second-order valence-electron chi connectivity index (χ2n) is 4.60. The Balaban J connectivity index is 2.56. The zero-order valence-electron chi connectivity index (χ0n) is 10.4. The Morgan fingerprint density at radius 3 is 2.35 bits per heavy atom. The Labute approximate surface area is 101 Å². The van der Waals surface area contributed by atoms with Gasteiger partial charge in [-0.05, 0) is 31.0 Å². The number of nitrogens with one attached hydrogen (secondary N) is 1. The van der Waals surface area contributed by atoms with E-state index in [1.54, 1.807) is 0 Å². The summed E-state index contributed by atoms with van der Waals surface area (Å²) in [6.45, 7) is 5.41. The van der Waals surface area contributed by atoms with E-state index < -0.39 is 11.6 Å². The summed E-state index contributed by atoms with van der Waals surface area (Å²) in [6.07, 6.45) is 1.02. The van der Waals surface area contributed by atoms with E-state index in [4.69, 9.17) is 5.73 Å². The van der Waals surface area contributed by atoms with Crippen LogP contribution in [-0.4, -0.2) is 6.54 Å². The second kappa shape index (κ2) is 6.67. The van der Waals surface area contributed by atoms with Gasteiger partial charge >= 0.3 is 0 Å². The lowest BCUT2D eigenvalue weighted by Gasteiger charge is -2.09. The molecule has 0 bridgehead atoms. The zero-order chi connectivity index (χ0) is 12.8. The van der Waals surface area contributed by atoms with Crippen LogP contribution in [0.1, 0.15) is 31.4 Å². The number of halogens is 2. The Bertz CT molecular complexity index is 365. The molecule has 0 fully saturated rings. The first kappa shape index (κ1) is 14.1. The summed E-state index contributed by atoms with van der Waals surface area (Å²) in [5, 5.41) is 3.10. The molecule has 0 heterocycles. The Morgan fingerprint density at radius 2 is 1.76 bits per heavy atom. The first-order valence-corrected chi connectivity index (χ1v) is 5.92. The number of nitrogens with two attached hydrogens (primary N) is 1. The second-order valence-corrected chi connectivity index (χ2v) is 4.60. The van der Waals surface area contributed by atoms with Crippen LogP contribution in [0.5, 0.6) is 0 Å². The van der Waals surface area contributed by atoms with Crippen molar-refractivity contribution in [2.24, 2.45) is 11.7 Å². The summed E-state index contributed by atoms with van der Waals surface area (Å²) in [6, 6.07) is 2.40. The smallest absolute Gasteiger partial charge is 0.128 e. The topological polar surface area (TPSA) is 38.0 Å². The maximum Gasteiger partial charge on any atom is 0.128 e. The molecule has 0 aliphatic heterocycles. The van der Waals surface area contributed by atoms with Gasteiger partial charge in [-0.25, -0.2) is 8.78 Å². The van der Waals surface area contributed by atoms with Gasteiger partial charge in [0.2, 0.25) is 0 Å². The van der Waals surface area contributed by atoms with Gasteiger partial charge in [0.05, 0.1) is 0 Å². The normalized spacial score (nSPS) is 11.2. The van der Waals surface area contributed by atoms with Crippen LogP contribution in [-0.2, 0) is 13.1 Å². The molecule has 0 aliphatic carbocycles. The lowest BCUT2D eigenvalue weighted by molar-refractivity contribution is 0.521. The van der Waals surface area contributed by atoms with E-state index >= 15 is 0 Å². The first-order chi connectivity index (χ1) is 8.04. The highest BCUT2D eigenvalue weighted by Crippen LogP contribution is 2.14. The fourth-order valence-corrected chi connectivity index (χ4v) is 1.53. The molecule has 1 aromatic rings. The van der Waals surface area contributed by atoms with E-state index in [2.05, 4.69) is 19.2 Å². The molecule has 3 N–H and O–H groups in total. The number of rotatable bonds is 6. The SMILES string of the molecule is CC(C)CCNCc1cc(F)c(CN)cc1F. The minimum atomic E-state index is -0.436. The number of hydrogen-bond acceptors (Lipinski definition) is 2. The van der Waals surface area contributed by atoms with Crippen LogP contribution in [0.25, 0.3) is 0 Å². The molecule has 96 valence electrons. The predicted octanol–water partition coefficient (Wildman–Crippen LogP) is 2.56. The van der Waals surface area contributed by atoms with Crippen molar-refractivity contribution in [3.8, 4) is 0 Å². The molecule has 0 amide bonds. The third-order valence-electron chi connectivity index (χ3n) is 2.65. The largest absolute Gasteiger partial charge is 0.326 e. The molecule has 0 atom stereocenters.